The van der Waals surface area contributed by atoms with Crippen molar-refractivity contribution in [3.05, 3.63) is 70.6 Å². The van der Waals surface area contributed by atoms with Gasteiger partial charge in [-0.3, -0.25) is 0 Å². The lowest BCUT2D eigenvalue weighted by Gasteiger charge is -2.23. The maximum atomic E-state index is 11.7. The molecule has 3 aromatic rings. The number of hydrogen-bond acceptors (Lipinski definition) is 7. The first-order valence-corrected chi connectivity index (χ1v) is 13.1. The Labute approximate surface area is 218 Å². The molecule has 196 valence electrons. The molecule has 0 saturated heterocycles. The molecule has 0 bridgehead atoms. The molecule has 1 aliphatic rings. The molecule has 1 heterocycles. The summed E-state index contributed by atoms with van der Waals surface area (Å²) in [7, 11) is 0. The molecule has 1 aromatic heterocycles. The van der Waals surface area contributed by atoms with Crippen LogP contribution < -0.4 is 4.74 Å². The topological polar surface area (TPSA) is 83.2 Å². The van der Waals surface area contributed by atoms with Crippen molar-refractivity contribution in [3.63, 3.8) is 0 Å². The molecule has 7 heteroatoms. The van der Waals surface area contributed by atoms with Gasteiger partial charge in [0.15, 0.2) is 13.2 Å². The molecule has 0 unspecified atom stereocenters. The third-order valence-corrected chi connectivity index (χ3v) is 6.67. The van der Waals surface area contributed by atoms with Crippen molar-refractivity contribution in [3.8, 4) is 17.2 Å². The quantitative estimate of drug-likeness (QED) is 0.173. The second kappa shape index (κ2) is 12.6. The van der Waals surface area contributed by atoms with Gasteiger partial charge in [-0.25, -0.2) is 9.78 Å². The molecule has 4 rings (SSSR count). The van der Waals surface area contributed by atoms with Crippen LogP contribution in [0.4, 0.5) is 0 Å². The fraction of sp³-hybridized carbons (Fsp3) is 0.433. The summed E-state index contributed by atoms with van der Waals surface area (Å²) in [6, 6.07) is 14.0. The van der Waals surface area contributed by atoms with Crippen LogP contribution in [0.15, 0.2) is 52.0 Å². The summed E-state index contributed by atoms with van der Waals surface area (Å²) in [6.45, 7) is 8.15. The maximum absolute atomic E-state index is 11.7. The van der Waals surface area contributed by atoms with Gasteiger partial charge in [0.1, 0.15) is 17.2 Å². The number of hydrogen-bond donors (Lipinski definition) is 0. The zero-order valence-electron chi connectivity index (χ0n) is 22.2. The fourth-order valence-corrected chi connectivity index (χ4v) is 4.59. The van der Waals surface area contributed by atoms with Crippen molar-refractivity contribution >= 4 is 11.7 Å². The minimum atomic E-state index is -0.377. The van der Waals surface area contributed by atoms with Gasteiger partial charge >= 0.3 is 5.97 Å². The van der Waals surface area contributed by atoms with Crippen molar-refractivity contribution in [2.45, 2.75) is 66.4 Å². The predicted molar refractivity (Wildman–Crippen MR) is 143 cm³/mol. The highest BCUT2D eigenvalue weighted by Crippen LogP contribution is 2.30. The van der Waals surface area contributed by atoms with E-state index in [9.17, 15) is 4.79 Å². The number of benzene rings is 2. The molecular weight excluding hydrogens is 468 g/mol. The number of oxime groups is 1. The standard InChI is InChI=1S/C30H36N2O5/c1-5-34-28(33)19-35-27-16-15-25(17-21(27)3)29(23-9-7-6-8-10-23)32-36-18-26-22(4)37-30(31-26)24-13-11-20(2)12-14-24/h11-17,23H,5-10,18-19H2,1-4H3. The number of rotatable bonds is 10. The first kappa shape index (κ1) is 26.5. The van der Waals surface area contributed by atoms with Crippen LogP contribution in [0.3, 0.4) is 0 Å². The first-order valence-electron chi connectivity index (χ1n) is 13.1. The van der Waals surface area contributed by atoms with Crippen LogP contribution in [0.2, 0.25) is 0 Å². The summed E-state index contributed by atoms with van der Waals surface area (Å²) < 4.78 is 16.5. The molecule has 0 atom stereocenters. The lowest BCUT2D eigenvalue weighted by Crippen LogP contribution is -2.20. The minimum absolute atomic E-state index is 0.109. The molecule has 1 aliphatic carbocycles. The second-order valence-electron chi connectivity index (χ2n) is 9.55. The lowest BCUT2D eigenvalue weighted by atomic mass is 9.83. The van der Waals surface area contributed by atoms with Crippen LogP contribution in [0.25, 0.3) is 11.5 Å². The number of ether oxygens (including phenoxy) is 2. The maximum Gasteiger partial charge on any atom is 0.344 e. The monoisotopic (exact) mass is 504 g/mol. The van der Waals surface area contributed by atoms with Crippen molar-refractivity contribution in [2.75, 3.05) is 13.2 Å². The van der Waals surface area contributed by atoms with Gasteiger partial charge < -0.3 is 18.7 Å². The summed E-state index contributed by atoms with van der Waals surface area (Å²) in [5.41, 5.74) is 5.74. The van der Waals surface area contributed by atoms with Gasteiger partial charge in [0.05, 0.1) is 12.3 Å². The molecule has 37 heavy (non-hydrogen) atoms. The van der Waals surface area contributed by atoms with Crippen LogP contribution in [-0.2, 0) is 21.0 Å². The van der Waals surface area contributed by atoms with Crippen LogP contribution in [0.5, 0.6) is 5.75 Å². The highest BCUT2D eigenvalue weighted by molar-refractivity contribution is 6.02. The highest BCUT2D eigenvalue weighted by Gasteiger charge is 2.23. The predicted octanol–water partition coefficient (Wildman–Crippen LogP) is 6.71. The number of aryl methyl sites for hydroxylation is 3. The molecule has 0 aliphatic heterocycles. The van der Waals surface area contributed by atoms with E-state index in [4.69, 9.17) is 18.7 Å². The normalized spacial score (nSPS) is 14.4. The molecule has 1 saturated carbocycles. The van der Waals surface area contributed by atoms with E-state index >= 15 is 0 Å². The molecule has 0 amide bonds. The number of aromatic nitrogens is 1. The Morgan fingerprint density at radius 3 is 2.51 bits per heavy atom. The van der Waals surface area contributed by atoms with Crippen LogP contribution >= 0.6 is 0 Å². The van der Waals surface area contributed by atoms with Gasteiger partial charge in [0.2, 0.25) is 5.89 Å². The SMILES string of the molecule is CCOC(=O)COc1ccc(C(=NOCc2nc(-c3ccc(C)cc3)oc2C)C2CCCCC2)cc1C. The number of nitrogens with zero attached hydrogens (tertiary/aromatic N) is 2. The zero-order chi connectivity index (χ0) is 26.2. The number of carbonyl (C=O) groups excluding carboxylic acids is 1. The van der Waals surface area contributed by atoms with E-state index in [-0.39, 0.29) is 19.2 Å². The summed E-state index contributed by atoms with van der Waals surface area (Å²) in [5.74, 6) is 1.92. The zero-order valence-corrected chi connectivity index (χ0v) is 22.2. The molecule has 0 radical (unpaired) electrons. The van der Waals surface area contributed by atoms with Crippen molar-refractivity contribution in [2.24, 2.45) is 11.1 Å². The second-order valence-corrected chi connectivity index (χ2v) is 9.55. The molecule has 1 fully saturated rings. The average molecular weight is 505 g/mol. The summed E-state index contributed by atoms with van der Waals surface area (Å²) in [5, 5.41) is 4.64. The van der Waals surface area contributed by atoms with Crippen molar-refractivity contribution < 1.29 is 23.5 Å². The summed E-state index contributed by atoms with van der Waals surface area (Å²) in [6.07, 6.45) is 5.80. The highest BCUT2D eigenvalue weighted by atomic mass is 16.6. The molecule has 7 nitrogen and oxygen atoms in total. The number of esters is 1. The summed E-state index contributed by atoms with van der Waals surface area (Å²) in [4.78, 5) is 22.2. The van der Waals surface area contributed by atoms with Gasteiger partial charge in [-0.05, 0) is 76.4 Å². The Hall–Kier alpha value is -3.61. The molecule has 2 aromatic carbocycles. The number of carbonyl (C=O) groups is 1. The van der Waals surface area contributed by atoms with E-state index in [1.54, 1.807) is 6.92 Å². The first-order chi connectivity index (χ1) is 17.9. The smallest absolute Gasteiger partial charge is 0.344 e. The van der Waals surface area contributed by atoms with E-state index in [0.717, 1.165) is 46.7 Å². The molecular formula is C30H36N2O5. The Kier molecular flexibility index (Phi) is 8.99. The van der Waals surface area contributed by atoms with Crippen molar-refractivity contribution in [1.29, 1.82) is 0 Å². The van der Waals surface area contributed by atoms with Gasteiger partial charge in [0.25, 0.3) is 0 Å². The van der Waals surface area contributed by atoms with E-state index in [1.165, 1.54) is 24.8 Å². The Morgan fingerprint density at radius 1 is 1.05 bits per heavy atom. The third-order valence-electron chi connectivity index (χ3n) is 6.67. The van der Waals surface area contributed by atoms with E-state index in [0.29, 0.717) is 24.2 Å². The van der Waals surface area contributed by atoms with Crippen LogP contribution in [0.1, 0.15) is 67.2 Å². The van der Waals surface area contributed by atoms with Gasteiger partial charge in [-0.15, -0.1) is 0 Å². The Bertz CT molecular complexity index is 1220. The van der Waals surface area contributed by atoms with E-state index < -0.39 is 0 Å². The largest absolute Gasteiger partial charge is 0.482 e. The van der Waals surface area contributed by atoms with E-state index in [2.05, 4.69) is 17.1 Å². The van der Waals surface area contributed by atoms with Crippen molar-refractivity contribution in [1.82, 2.24) is 4.98 Å². The molecule has 0 spiro atoms. The Morgan fingerprint density at radius 2 is 1.81 bits per heavy atom. The van der Waals surface area contributed by atoms with Crippen LogP contribution in [0, 0.1) is 26.7 Å². The number of oxazole rings is 1. The molecule has 0 N–H and O–H groups in total. The minimum Gasteiger partial charge on any atom is -0.482 e. The van der Waals surface area contributed by atoms with Gasteiger partial charge in [0, 0.05) is 17.0 Å². The Balaban J connectivity index is 1.50. The van der Waals surface area contributed by atoms with E-state index in [1.807, 2.05) is 56.3 Å². The average Bonchev–Trinajstić information content (AvgIpc) is 3.27. The lowest BCUT2D eigenvalue weighted by molar-refractivity contribution is -0.145. The fourth-order valence-electron chi connectivity index (χ4n) is 4.59. The van der Waals surface area contributed by atoms with Gasteiger partial charge in [-0.1, -0.05) is 42.1 Å². The van der Waals surface area contributed by atoms with Gasteiger partial charge in [-0.2, -0.15) is 0 Å². The summed E-state index contributed by atoms with van der Waals surface area (Å²) >= 11 is 0. The van der Waals surface area contributed by atoms with Crippen LogP contribution in [-0.4, -0.2) is 29.9 Å². The third kappa shape index (κ3) is 7.00.